The maximum atomic E-state index is 3.68. The molecule has 14 heavy (non-hydrogen) atoms. The summed E-state index contributed by atoms with van der Waals surface area (Å²) in [7, 11) is 0. The van der Waals surface area contributed by atoms with E-state index >= 15 is 0 Å². The number of hydrogen-bond donors (Lipinski definition) is 1. The summed E-state index contributed by atoms with van der Waals surface area (Å²) in [5.41, 5.74) is 1.39. The SMILES string of the molecule is Br[C@H]1CNCCN1Cc1ccccc1. The molecular formula is C11H15BrN2. The molecule has 3 heteroatoms. The first-order valence-corrected chi connectivity index (χ1v) is 5.90. The molecule has 1 fully saturated rings. The van der Waals surface area contributed by atoms with Gasteiger partial charge in [0.05, 0.1) is 4.95 Å². The molecule has 1 aromatic carbocycles. The summed E-state index contributed by atoms with van der Waals surface area (Å²) >= 11 is 3.68. The maximum Gasteiger partial charge on any atom is 0.0785 e. The van der Waals surface area contributed by atoms with Crippen LogP contribution in [0.4, 0.5) is 0 Å². The molecule has 1 aliphatic heterocycles. The number of benzene rings is 1. The van der Waals surface area contributed by atoms with Crippen LogP contribution >= 0.6 is 15.9 Å². The minimum absolute atomic E-state index is 0.469. The van der Waals surface area contributed by atoms with Crippen LogP contribution in [0, 0.1) is 0 Å². The van der Waals surface area contributed by atoms with E-state index in [2.05, 4.69) is 56.5 Å². The topological polar surface area (TPSA) is 15.3 Å². The Bertz CT molecular complexity index is 276. The van der Waals surface area contributed by atoms with Crippen molar-refractivity contribution < 1.29 is 0 Å². The van der Waals surface area contributed by atoms with Gasteiger partial charge in [0.2, 0.25) is 0 Å². The van der Waals surface area contributed by atoms with E-state index in [0.717, 1.165) is 26.2 Å². The molecule has 0 radical (unpaired) electrons. The molecule has 0 aromatic heterocycles. The Morgan fingerprint density at radius 2 is 2.14 bits per heavy atom. The fraction of sp³-hybridized carbons (Fsp3) is 0.455. The lowest BCUT2D eigenvalue weighted by Gasteiger charge is -2.32. The predicted molar refractivity (Wildman–Crippen MR) is 62.4 cm³/mol. The van der Waals surface area contributed by atoms with Crippen LogP contribution in [0.1, 0.15) is 5.56 Å². The van der Waals surface area contributed by atoms with Crippen molar-refractivity contribution in [2.24, 2.45) is 0 Å². The van der Waals surface area contributed by atoms with Crippen LogP contribution in [-0.2, 0) is 6.54 Å². The van der Waals surface area contributed by atoms with E-state index in [1.807, 2.05) is 0 Å². The lowest BCUT2D eigenvalue weighted by atomic mass is 10.2. The van der Waals surface area contributed by atoms with Gasteiger partial charge in [-0.2, -0.15) is 0 Å². The van der Waals surface area contributed by atoms with Gasteiger partial charge < -0.3 is 5.32 Å². The Morgan fingerprint density at radius 3 is 2.86 bits per heavy atom. The van der Waals surface area contributed by atoms with Gasteiger partial charge in [-0.25, -0.2) is 0 Å². The molecule has 2 rings (SSSR count). The molecule has 0 spiro atoms. The molecule has 0 saturated carbocycles. The second kappa shape index (κ2) is 4.91. The second-order valence-electron chi connectivity index (χ2n) is 3.59. The Kier molecular flexibility index (Phi) is 3.56. The van der Waals surface area contributed by atoms with E-state index in [1.54, 1.807) is 0 Å². The molecule has 0 amide bonds. The van der Waals surface area contributed by atoms with E-state index in [-0.39, 0.29) is 0 Å². The minimum atomic E-state index is 0.469. The number of nitrogens with zero attached hydrogens (tertiary/aromatic N) is 1. The van der Waals surface area contributed by atoms with Gasteiger partial charge in [-0.15, -0.1) is 0 Å². The molecule has 1 heterocycles. The number of nitrogens with one attached hydrogen (secondary N) is 1. The molecule has 0 aliphatic carbocycles. The van der Waals surface area contributed by atoms with E-state index < -0.39 is 0 Å². The summed E-state index contributed by atoms with van der Waals surface area (Å²) in [5.74, 6) is 0. The Balaban J connectivity index is 1.96. The van der Waals surface area contributed by atoms with Gasteiger partial charge >= 0.3 is 0 Å². The van der Waals surface area contributed by atoms with Crippen LogP contribution in [0.25, 0.3) is 0 Å². The van der Waals surface area contributed by atoms with Gasteiger partial charge in [-0.3, -0.25) is 4.90 Å². The number of hydrogen-bond acceptors (Lipinski definition) is 2. The van der Waals surface area contributed by atoms with Gasteiger partial charge in [-0.05, 0) is 5.56 Å². The smallest absolute Gasteiger partial charge is 0.0785 e. The summed E-state index contributed by atoms with van der Waals surface area (Å²) in [6.45, 7) is 4.28. The lowest BCUT2D eigenvalue weighted by Crippen LogP contribution is -2.47. The molecule has 0 bridgehead atoms. The standard InChI is InChI=1S/C11H15BrN2/c12-11-8-13-6-7-14(11)9-10-4-2-1-3-5-10/h1-5,11,13H,6-9H2/t11-/m1/s1. The summed E-state index contributed by atoms with van der Waals surface area (Å²) in [6, 6.07) is 10.6. The summed E-state index contributed by atoms with van der Waals surface area (Å²) < 4.78 is 0. The van der Waals surface area contributed by atoms with Gasteiger partial charge in [0.15, 0.2) is 0 Å². The third-order valence-corrected chi connectivity index (χ3v) is 3.42. The van der Waals surface area contributed by atoms with Crippen LogP contribution in [-0.4, -0.2) is 29.5 Å². The monoisotopic (exact) mass is 254 g/mol. The third-order valence-electron chi connectivity index (χ3n) is 2.51. The number of piperazine rings is 1. The van der Waals surface area contributed by atoms with Crippen molar-refractivity contribution in [3.05, 3.63) is 35.9 Å². The van der Waals surface area contributed by atoms with E-state index in [4.69, 9.17) is 0 Å². The molecular weight excluding hydrogens is 240 g/mol. The average molecular weight is 255 g/mol. The highest BCUT2D eigenvalue weighted by molar-refractivity contribution is 9.09. The summed E-state index contributed by atoms with van der Waals surface area (Å²) in [5, 5.41) is 3.36. The quantitative estimate of drug-likeness (QED) is 0.640. The zero-order valence-corrected chi connectivity index (χ0v) is 9.70. The second-order valence-corrected chi connectivity index (χ2v) is 4.65. The molecule has 1 aliphatic rings. The maximum absolute atomic E-state index is 3.68. The van der Waals surface area contributed by atoms with Crippen LogP contribution in [0.15, 0.2) is 30.3 Å². The van der Waals surface area contributed by atoms with Crippen LogP contribution in [0.3, 0.4) is 0 Å². The molecule has 2 nitrogen and oxygen atoms in total. The summed E-state index contributed by atoms with van der Waals surface area (Å²) in [6.07, 6.45) is 0. The third kappa shape index (κ3) is 2.56. The Labute approximate surface area is 93.4 Å². The van der Waals surface area contributed by atoms with Crippen molar-refractivity contribution in [1.29, 1.82) is 0 Å². The molecule has 0 unspecified atom stereocenters. The molecule has 1 atom stereocenters. The van der Waals surface area contributed by atoms with Crippen LogP contribution in [0.5, 0.6) is 0 Å². The van der Waals surface area contributed by atoms with Crippen molar-refractivity contribution >= 4 is 15.9 Å². The van der Waals surface area contributed by atoms with Gasteiger partial charge in [0.1, 0.15) is 0 Å². The van der Waals surface area contributed by atoms with Crippen LogP contribution in [0.2, 0.25) is 0 Å². The number of rotatable bonds is 2. The Hall–Kier alpha value is -0.380. The van der Waals surface area contributed by atoms with Crippen molar-refractivity contribution in [2.75, 3.05) is 19.6 Å². The van der Waals surface area contributed by atoms with E-state index in [0.29, 0.717) is 4.95 Å². The van der Waals surface area contributed by atoms with Gasteiger partial charge in [0.25, 0.3) is 0 Å². The number of alkyl halides is 1. The largest absolute Gasteiger partial charge is 0.313 e. The average Bonchev–Trinajstić information content (AvgIpc) is 2.23. The molecule has 76 valence electrons. The van der Waals surface area contributed by atoms with Crippen molar-refractivity contribution in [1.82, 2.24) is 10.2 Å². The minimum Gasteiger partial charge on any atom is -0.313 e. The van der Waals surface area contributed by atoms with Crippen molar-refractivity contribution in [3.8, 4) is 0 Å². The van der Waals surface area contributed by atoms with Gasteiger partial charge in [-0.1, -0.05) is 46.3 Å². The zero-order chi connectivity index (χ0) is 9.80. The molecule has 1 aromatic rings. The Morgan fingerprint density at radius 1 is 1.36 bits per heavy atom. The highest BCUT2D eigenvalue weighted by atomic mass is 79.9. The number of halogens is 1. The summed E-state index contributed by atoms with van der Waals surface area (Å²) in [4.78, 5) is 2.92. The first-order chi connectivity index (χ1) is 6.86. The predicted octanol–water partition coefficient (Wildman–Crippen LogP) is 1.81. The van der Waals surface area contributed by atoms with E-state index in [9.17, 15) is 0 Å². The fourth-order valence-electron chi connectivity index (χ4n) is 1.71. The molecule has 1 N–H and O–H groups in total. The van der Waals surface area contributed by atoms with Crippen molar-refractivity contribution in [3.63, 3.8) is 0 Å². The van der Waals surface area contributed by atoms with Gasteiger partial charge in [0, 0.05) is 26.2 Å². The zero-order valence-electron chi connectivity index (χ0n) is 8.12. The van der Waals surface area contributed by atoms with E-state index in [1.165, 1.54) is 5.56 Å². The lowest BCUT2D eigenvalue weighted by molar-refractivity contribution is 0.215. The normalized spacial score (nSPS) is 23.6. The van der Waals surface area contributed by atoms with Crippen LogP contribution < -0.4 is 5.32 Å². The van der Waals surface area contributed by atoms with Crippen molar-refractivity contribution in [2.45, 2.75) is 11.5 Å². The first-order valence-electron chi connectivity index (χ1n) is 4.99. The fourth-order valence-corrected chi connectivity index (χ4v) is 2.29. The highest BCUT2D eigenvalue weighted by Crippen LogP contribution is 2.13. The highest BCUT2D eigenvalue weighted by Gasteiger charge is 2.18. The molecule has 1 saturated heterocycles. The first kappa shape index (κ1) is 10.1.